The molecule has 0 saturated carbocycles. The van der Waals surface area contributed by atoms with E-state index in [9.17, 15) is 4.79 Å². The molecule has 1 aromatic carbocycles. The van der Waals surface area contributed by atoms with Gasteiger partial charge in [0.25, 0.3) is 0 Å². The van der Waals surface area contributed by atoms with Crippen LogP contribution < -0.4 is 0 Å². The van der Waals surface area contributed by atoms with Gasteiger partial charge in [-0.3, -0.25) is 9.78 Å². The average Bonchev–Trinajstić information content (AvgIpc) is 2.49. The number of nitrogens with zero attached hydrogens (tertiary/aromatic N) is 1. The molecule has 0 aliphatic carbocycles. The summed E-state index contributed by atoms with van der Waals surface area (Å²) in [6.45, 7) is 6.20. The van der Waals surface area contributed by atoms with Crippen molar-refractivity contribution in [3.05, 3.63) is 65.5 Å². The third-order valence-corrected chi connectivity index (χ3v) is 3.72. The van der Waals surface area contributed by atoms with E-state index in [4.69, 9.17) is 4.74 Å². The van der Waals surface area contributed by atoms with Crippen molar-refractivity contribution in [2.75, 3.05) is 6.61 Å². The van der Waals surface area contributed by atoms with Crippen LogP contribution in [0.1, 0.15) is 30.5 Å². The first kappa shape index (κ1) is 15.2. The van der Waals surface area contributed by atoms with Gasteiger partial charge in [-0.15, -0.1) is 0 Å². The fraction of sp³-hybridized carbons (Fsp3) is 0.333. The molecule has 0 N–H and O–H groups in total. The number of aryl methyl sites for hydroxylation is 1. The van der Waals surface area contributed by atoms with Gasteiger partial charge < -0.3 is 4.74 Å². The Morgan fingerprint density at radius 3 is 2.33 bits per heavy atom. The molecular weight excluding hydrogens is 262 g/mol. The number of hydrogen-bond acceptors (Lipinski definition) is 3. The quantitative estimate of drug-likeness (QED) is 0.789. The second kappa shape index (κ2) is 6.53. The van der Waals surface area contributed by atoms with Crippen LogP contribution in [0.15, 0.2) is 48.8 Å². The van der Waals surface area contributed by atoms with Crippen LogP contribution in [-0.2, 0) is 21.4 Å². The van der Waals surface area contributed by atoms with Crippen molar-refractivity contribution in [1.82, 2.24) is 4.98 Å². The minimum absolute atomic E-state index is 0.189. The summed E-state index contributed by atoms with van der Waals surface area (Å²) in [5.74, 6) is -0.189. The largest absolute Gasteiger partial charge is 0.465 e. The van der Waals surface area contributed by atoms with Crippen molar-refractivity contribution >= 4 is 5.97 Å². The van der Waals surface area contributed by atoms with E-state index >= 15 is 0 Å². The second-order valence-corrected chi connectivity index (χ2v) is 5.45. The van der Waals surface area contributed by atoms with Gasteiger partial charge in [-0.2, -0.15) is 0 Å². The van der Waals surface area contributed by atoms with Gasteiger partial charge in [-0.25, -0.2) is 0 Å². The fourth-order valence-corrected chi connectivity index (χ4v) is 2.41. The summed E-state index contributed by atoms with van der Waals surface area (Å²) in [5.41, 5.74) is 2.53. The molecule has 3 nitrogen and oxygen atoms in total. The highest BCUT2D eigenvalue weighted by Crippen LogP contribution is 2.30. The van der Waals surface area contributed by atoms with Crippen molar-refractivity contribution in [1.29, 1.82) is 0 Å². The van der Waals surface area contributed by atoms with Crippen molar-refractivity contribution < 1.29 is 9.53 Å². The van der Waals surface area contributed by atoms with E-state index in [0.29, 0.717) is 13.0 Å². The van der Waals surface area contributed by atoms with Crippen LogP contribution in [0.4, 0.5) is 0 Å². The molecule has 2 rings (SSSR count). The molecule has 0 fully saturated rings. The maximum atomic E-state index is 12.5. The number of carbonyl (C=O) groups excluding carboxylic acids is 1. The van der Waals surface area contributed by atoms with Crippen molar-refractivity contribution in [3.63, 3.8) is 0 Å². The number of aromatic nitrogens is 1. The third kappa shape index (κ3) is 3.48. The fourth-order valence-electron chi connectivity index (χ4n) is 2.41. The van der Waals surface area contributed by atoms with E-state index in [2.05, 4.69) is 4.98 Å². The SMILES string of the molecule is CCOC(=O)C(C)(Cc1ccncc1)c1ccc(C)cc1. The Balaban J connectivity index is 2.38. The lowest BCUT2D eigenvalue weighted by Crippen LogP contribution is -2.36. The zero-order valence-electron chi connectivity index (χ0n) is 12.8. The lowest BCUT2D eigenvalue weighted by Gasteiger charge is -2.28. The molecule has 0 bridgehead atoms. The summed E-state index contributed by atoms with van der Waals surface area (Å²) in [5, 5.41) is 0. The molecule has 1 aromatic heterocycles. The molecule has 0 spiro atoms. The molecule has 1 unspecified atom stereocenters. The van der Waals surface area contributed by atoms with Gasteiger partial charge in [0.05, 0.1) is 12.0 Å². The Morgan fingerprint density at radius 2 is 1.76 bits per heavy atom. The minimum Gasteiger partial charge on any atom is -0.465 e. The molecule has 0 aliphatic heterocycles. The summed E-state index contributed by atoms with van der Waals surface area (Å²) in [6.07, 6.45) is 4.09. The summed E-state index contributed by atoms with van der Waals surface area (Å²) in [7, 11) is 0. The summed E-state index contributed by atoms with van der Waals surface area (Å²) >= 11 is 0. The van der Waals surface area contributed by atoms with Gasteiger partial charge in [-0.05, 0) is 50.5 Å². The van der Waals surface area contributed by atoms with E-state index in [-0.39, 0.29) is 5.97 Å². The molecular formula is C18H21NO2. The standard InChI is InChI=1S/C18H21NO2/c1-4-21-17(20)18(3,13-15-9-11-19-12-10-15)16-7-5-14(2)6-8-16/h5-12H,4,13H2,1-3H3. The Bertz CT molecular complexity index is 592. The summed E-state index contributed by atoms with van der Waals surface area (Å²) in [4.78, 5) is 16.5. The molecule has 110 valence electrons. The number of rotatable bonds is 5. The average molecular weight is 283 g/mol. The van der Waals surface area contributed by atoms with Crippen molar-refractivity contribution in [2.45, 2.75) is 32.6 Å². The number of benzene rings is 1. The van der Waals surface area contributed by atoms with E-state index in [1.807, 2.05) is 57.2 Å². The molecule has 21 heavy (non-hydrogen) atoms. The molecule has 2 aromatic rings. The smallest absolute Gasteiger partial charge is 0.316 e. The topological polar surface area (TPSA) is 39.2 Å². The predicted molar refractivity (Wildman–Crippen MR) is 83.1 cm³/mol. The number of esters is 1. The predicted octanol–water partition coefficient (Wildman–Crippen LogP) is 3.45. The van der Waals surface area contributed by atoms with Gasteiger partial charge in [0.15, 0.2) is 0 Å². The Hall–Kier alpha value is -2.16. The highest BCUT2D eigenvalue weighted by atomic mass is 16.5. The van der Waals surface area contributed by atoms with E-state index < -0.39 is 5.41 Å². The summed E-state index contributed by atoms with van der Waals surface area (Å²) in [6, 6.07) is 11.9. The lowest BCUT2D eigenvalue weighted by molar-refractivity contribution is -0.149. The lowest BCUT2D eigenvalue weighted by atomic mass is 9.77. The van der Waals surface area contributed by atoms with Gasteiger partial charge in [-0.1, -0.05) is 29.8 Å². The molecule has 0 radical (unpaired) electrons. The van der Waals surface area contributed by atoms with E-state index in [0.717, 1.165) is 11.1 Å². The number of pyridine rings is 1. The minimum atomic E-state index is -0.689. The van der Waals surface area contributed by atoms with Crippen molar-refractivity contribution in [2.24, 2.45) is 0 Å². The first-order valence-electron chi connectivity index (χ1n) is 7.19. The van der Waals surface area contributed by atoms with Crippen LogP contribution in [0, 0.1) is 6.92 Å². The van der Waals surface area contributed by atoms with Gasteiger partial charge in [0, 0.05) is 12.4 Å². The van der Waals surface area contributed by atoms with Crippen LogP contribution >= 0.6 is 0 Å². The first-order chi connectivity index (χ1) is 10.1. The second-order valence-electron chi connectivity index (χ2n) is 5.45. The maximum absolute atomic E-state index is 12.5. The van der Waals surface area contributed by atoms with Gasteiger partial charge in [0.1, 0.15) is 0 Å². The molecule has 0 aliphatic rings. The van der Waals surface area contributed by atoms with Crippen LogP contribution in [-0.4, -0.2) is 17.6 Å². The zero-order chi connectivity index (χ0) is 15.3. The van der Waals surface area contributed by atoms with Crippen LogP contribution in [0.2, 0.25) is 0 Å². The Kier molecular flexibility index (Phi) is 4.73. The van der Waals surface area contributed by atoms with Crippen LogP contribution in [0.25, 0.3) is 0 Å². The van der Waals surface area contributed by atoms with Gasteiger partial charge >= 0.3 is 5.97 Å². The Morgan fingerprint density at radius 1 is 1.14 bits per heavy atom. The number of carbonyl (C=O) groups is 1. The highest BCUT2D eigenvalue weighted by molar-refractivity contribution is 5.83. The van der Waals surface area contributed by atoms with Gasteiger partial charge in [0.2, 0.25) is 0 Å². The maximum Gasteiger partial charge on any atom is 0.316 e. The molecule has 3 heteroatoms. The normalized spacial score (nSPS) is 13.5. The zero-order valence-corrected chi connectivity index (χ0v) is 12.8. The van der Waals surface area contributed by atoms with E-state index in [1.54, 1.807) is 12.4 Å². The summed E-state index contributed by atoms with van der Waals surface area (Å²) < 4.78 is 5.31. The monoisotopic (exact) mass is 283 g/mol. The molecule has 0 amide bonds. The van der Waals surface area contributed by atoms with E-state index in [1.165, 1.54) is 5.56 Å². The van der Waals surface area contributed by atoms with Crippen molar-refractivity contribution in [3.8, 4) is 0 Å². The number of hydrogen-bond donors (Lipinski definition) is 0. The molecule has 1 heterocycles. The molecule has 0 saturated heterocycles. The molecule has 1 atom stereocenters. The highest BCUT2D eigenvalue weighted by Gasteiger charge is 2.36. The van der Waals surface area contributed by atoms with Crippen LogP contribution in [0.3, 0.4) is 0 Å². The third-order valence-electron chi connectivity index (χ3n) is 3.72. The Labute approximate surface area is 126 Å². The number of ether oxygens (including phenoxy) is 1. The first-order valence-corrected chi connectivity index (χ1v) is 7.19. The van der Waals surface area contributed by atoms with Crippen LogP contribution in [0.5, 0.6) is 0 Å².